The standard InChI is InChI=1S/C11H17N3O2/c1-8-6-12-13-11(8)9-4-3-5-14(9)10(15)7-16-2/h6,9H,3-5,7H2,1-2H3,(H,12,13)/t9-/m0/s1. The average Bonchev–Trinajstić information content (AvgIpc) is 2.85. The van der Waals surface area contributed by atoms with Crippen molar-refractivity contribution < 1.29 is 9.53 Å². The molecule has 1 aromatic rings. The maximum Gasteiger partial charge on any atom is 0.249 e. The molecule has 1 aromatic heterocycles. The second-order valence-electron chi connectivity index (χ2n) is 4.14. The monoisotopic (exact) mass is 223 g/mol. The van der Waals surface area contributed by atoms with Crippen molar-refractivity contribution >= 4 is 5.91 Å². The molecule has 0 radical (unpaired) electrons. The Kier molecular flexibility index (Phi) is 3.24. The van der Waals surface area contributed by atoms with Crippen molar-refractivity contribution in [1.29, 1.82) is 0 Å². The van der Waals surface area contributed by atoms with E-state index in [2.05, 4.69) is 10.2 Å². The first kappa shape index (κ1) is 11.1. The number of methoxy groups -OCH3 is 1. The van der Waals surface area contributed by atoms with E-state index < -0.39 is 0 Å². The van der Waals surface area contributed by atoms with Gasteiger partial charge in [0.05, 0.1) is 17.9 Å². The number of carbonyl (C=O) groups excluding carboxylic acids is 1. The summed E-state index contributed by atoms with van der Waals surface area (Å²) in [5.74, 6) is 0.0546. The molecule has 0 spiro atoms. The first-order valence-corrected chi connectivity index (χ1v) is 5.52. The van der Waals surface area contributed by atoms with E-state index in [1.807, 2.05) is 11.8 Å². The van der Waals surface area contributed by atoms with E-state index in [1.54, 1.807) is 13.3 Å². The number of rotatable bonds is 3. The number of hydrogen-bond donors (Lipinski definition) is 1. The van der Waals surface area contributed by atoms with E-state index in [1.165, 1.54) is 0 Å². The first-order valence-electron chi connectivity index (χ1n) is 5.52. The van der Waals surface area contributed by atoms with Gasteiger partial charge in [0.1, 0.15) is 6.61 Å². The Morgan fingerprint density at radius 3 is 3.19 bits per heavy atom. The summed E-state index contributed by atoms with van der Waals surface area (Å²) >= 11 is 0. The maximum atomic E-state index is 11.8. The molecule has 16 heavy (non-hydrogen) atoms. The molecular weight excluding hydrogens is 206 g/mol. The van der Waals surface area contributed by atoms with E-state index in [0.717, 1.165) is 30.6 Å². The summed E-state index contributed by atoms with van der Waals surface area (Å²) in [6.07, 6.45) is 3.84. The van der Waals surface area contributed by atoms with Gasteiger partial charge in [0.15, 0.2) is 0 Å². The summed E-state index contributed by atoms with van der Waals surface area (Å²) < 4.78 is 4.89. The van der Waals surface area contributed by atoms with Gasteiger partial charge in [0, 0.05) is 13.7 Å². The molecule has 1 N–H and O–H groups in total. The van der Waals surface area contributed by atoms with Crippen molar-refractivity contribution in [3.05, 3.63) is 17.5 Å². The lowest BCUT2D eigenvalue weighted by Crippen LogP contribution is -2.33. The molecule has 1 aliphatic heterocycles. The van der Waals surface area contributed by atoms with Crippen LogP contribution in [0.25, 0.3) is 0 Å². The van der Waals surface area contributed by atoms with Gasteiger partial charge in [-0.25, -0.2) is 0 Å². The topological polar surface area (TPSA) is 58.2 Å². The Morgan fingerprint density at radius 2 is 2.56 bits per heavy atom. The van der Waals surface area contributed by atoms with Crippen molar-refractivity contribution in [2.24, 2.45) is 0 Å². The largest absolute Gasteiger partial charge is 0.375 e. The van der Waals surface area contributed by atoms with Crippen molar-refractivity contribution in [2.45, 2.75) is 25.8 Å². The molecule has 2 heterocycles. The Labute approximate surface area is 94.8 Å². The highest BCUT2D eigenvalue weighted by Crippen LogP contribution is 2.32. The lowest BCUT2D eigenvalue weighted by molar-refractivity contribution is -0.136. The van der Waals surface area contributed by atoms with Gasteiger partial charge in [0.25, 0.3) is 0 Å². The number of carbonyl (C=O) groups is 1. The highest BCUT2D eigenvalue weighted by atomic mass is 16.5. The van der Waals surface area contributed by atoms with Crippen LogP contribution in [0, 0.1) is 6.92 Å². The van der Waals surface area contributed by atoms with Crippen LogP contribution >= 0.6 is 0 Å². The molecule has 0 aromatic carbocycles. The number of nitrogens with zero attached hydrogens (tertiary/aromatic N) is 2. The Hall–Kier alpha value is -1.36. The van der Waals surface area contributed by atoms with Crippen LogP contribution in [0.2, 0.25) is 0 Å². The van der Waals surface area contributed by atoms with Gasteiger partial charge in [-0.2, -0.15) is 5.10 Å². The molecule has 0 saturated carbocycles. The molecule has 5 heteroatoms. The third-order valence-electron chi connectivity index (χ3n) is 3.04. The number of H-pyrrole nitrogens is 1. The number of ether oxygens (including phenoxy) is 1. The third-order valence-corrected chi connectivity index (χ3v) is 3.04. The van der Waals surface area contributed by atoms with Crippen LogP contribution in [0.15, 0.2) is 6.20 Å². The zero-order chi connectivity index (χ0) is 11.5. The van der Waals surface area contributed by atoms with Crippen molar-refractivity contribution in [1.82, 2.24) is 15.1 Å². The van der Waals surface area contributed by atoms with Crippen LogP contribution in [0.5, 0.6) is 0 Å². The van der Waals surface area contributed by atoms with E-state index in [9.17, 15) is 4.79 Å². The highest BCUT2D eigenvalue weighted by molar-refractivity contribution is 5.78. The highest BCUT2D eigenvalue weighted by Gasteiger charge is 2.31. The lowest BCUT2D eigenvalue weighted by atomic mass is 10.1. The fraction of sp³-hybridized carbons (Fsp3) is 0.636. The van der Waals surface area contributed by atoms with Crippen LogP contribution in [0.4, 0.5) is 0 Å². The molecule has 1 amide bonds. The van der Waals surface area contributed by atoms with Crippen molar-refractivity contribution in [3.8, 4) is 0 Å². The minimum Gasteiger partial charge on any atom is -0.375 e. The van der Waals surface area contributed by atoms with Gasteiger partial charge in [-0.1, -0.05) is 0 Å². The van der Waals surface area contributed by atoms with Gasteiger partial charge in [-0.05, 0) is 25.3 Å². The Morgan fingerprint density at radius 1 is 1.75 bits per heavy atom. The van der Waals surface area contributed by atoms with Gasteiger partial charge >= 0.3 is 0 Å². The summed E-state index contributed by atoms with van der Waals surface area (Å²) in [6, 6.07) is 0.144. The number of aryl methyl sites for hydroxylation is 1. The zero-order valence-electron chi connectivity index (χ0n) is 9.69. The smallest absolute Gasteiger partial charge is 0.249 e. The molecule has 0 bridgehead atoms. The van der Waals surface area contributed by atoms with Gasteiger partial charge in [-0.15, -0.1) is 0 Å². The predicted octanol–water partition coefficient (Wildman–Crippen LogP) is 1.03. The summed E-state index contributed by atoms with van der Waals surface area (Å²) in [5, 5.41) is 7.00. The molecule has 0 aliphatic carbocycles. The fourth-order valence-electron chi connectivity index (χ4n) is 2.27. The molecular formula is C11H17N3O2. The quantitative estimate of drug-likeness (QED) is 0.832. The van der Waals surface area contributed by atoms with Crippen molar-refractivity contribution in [2.75, 3.05) is 20.3 Å². The normalized spacial score (nSPS) is 20.4. The van der Waals surface area contributed by atoms with Crippen LogP contribution in [-0.4, -0.2) is 41.3 Å². The van der Waals surface area contributed by atoms with Crippen LogP contribution < -0.4 is 0 Å². The molecule has 1 saturated heterocycles. The minimum atomic E-state index is 0.0546. The number of aromatic nitrogens is 2. The Bertz CT molecular complexity index is 375. The van der Waals surface area contributed by atoms with E-state index >= 15 is 0 Å². The molecule has 5 nitrogen and oxygen atoms in total. The average molecular weight is 223 g/mol. The predicted molar refractivity (Wildman–Crippen MR) is 58.9 cm³/mol. The molecule has 1 aliphatic rings. The van der Waals surface area contributed by atoms with E-state index in [0.29, 0.717) is 0 Å². The van der Waals surface area contributed by atoms with E-state index in [-0.39, 0.29) is 18.6 Å². The van der Waals surface area contributed by atoms with E-state index in [4.69, 9.17) is 4.74 Å². The van der Waals surface area contributed by atoms with Crippen LogP contribution in [0.1, 0.15) is 30.1 Å². The van der Waals surface area contributed by atoms with Gasteiger partial charge < -0.3 is 9.64 Å². The third kappa shape index (κ3) is 1.95. The number of nitrogens with one attached hydrogen (secondary N) is 1. The summed E-state index contributed by atoms with van der Waals surface area (Å²) in [7, 11) is 1.55. The molecule has 1 fully saturated rings. The minimum absolute atomic E-state index is 0.0546. The summed E-state index contributed by atoms with van der Waals surface area (Å²) in [4.78, 5) is 13.7. The lowest BCUT2D eigenvalue weighted by Gasteiger charge is -2.24. The van der Waals surface area contributed by atoms with Crippen molar-refractivity contribution in [3.63, 3.8) is 0 Å². The van der Waals surface area contributed by atoms with Crippen LogP contribution in [-0.2, 0) is 9.53 Å². The van der Waals surface area contributed by atoms with Gasteiger partial charge in [0.2, 0.25) is 5.91 Å². The molecule has 0 unspecified atom stereocenters. The maximum absolute atomic E-state index is 11.8. The SMILES string of the molecule is COCC(=O)N1CCC[C@H]1c1[nH]ncc1C. The molecule has 88 valence electrons. The zero-order valence-corrected chi connectivity index (χ0v) is 9.69. The Balaban J connectivity index is 2.15. The number of hydrogen-bond acceptors (Lipinski definition) is 3. The molecule has 2 rings (SSSR count). The second kappa shape index (κ2) is 4.65. The number of aromatic amines is 1. The second-order valence-corrected chi connectivity index (χ2v) is 4.14. The van der Waals surface area contributed by atoms with Gasteiger partial charge in [-0.3, -0.25) is 9.89 Å². The molecule has 1 atom stereocenters. The summed E-state index contributed by atoms with van der Waals surface area (Å²) in [5.41, 5.74) is 2.17. The number of likely N-dealkylation sites (tertiary alicyclic amines) is 1. The number of amides is 1. The fourth-order valence-corrected chi connectivity index (χ4v) is 2.27. The summed E-state index contributed by atoms with van der Waals surface area (Å²) in [6.45, 7) is 2.98. The van der Waals surface area contributed by atoms with Crippen LogP contribution in [0.3, 0.4) is 0 Å². The first-order chi connectivity index (χ1) is 7.74.